The molecule has 0 amide bonds. The number of aromatic nitrogens is 1. The van der Waals surface area contributed by atoms with E-state index in [2.05, 4.69) is 37.9 Å². The molecule has 0 radical (unpaired) electrons. The Hall–Kier alpha value is -0.950. The van der Waals surface area contributed by atoms with E-state index in [1.54, 1.807) is 0 Å². The summed E-state index contributed by atoms with van der Waals surface area (Å²) in [7, 11) is 0. The summed E-state index contributed by atoms with van der Waals surface area (Å²) < 4.78 is 0. The number of hydrogen-bond donors (Lipinski definition) is 1. The van der Waals surface area contributed by atoms with Crippen molar-refractivity contribution in [3.8, 4) is 0 Å². The third kappa shape index (κ3) is 1.53. The Morgan fingerprint density at radius 3 is 2.50 bits per heavy atom. The summed E-state index contributed by atoms with van der Waals surface area (Å²) in [5.41, 5.74) is 2.40. The summed E-state index contributed by atoms with van der Waals surface area (Å²) in [5, 5.41) is 1.97. The molecule has 0 saturated carbocycles. The van der Waals surface area contributed by atoms with Crippen LogP contribution < -0.4 is 0 Å². The zero-order valence-electron chi connectivity index (χ0n) is 8.69. The van der Waals surface area contributed by atoms with Crippen molar-refractivity contribution < 1.29 is 0 Å². The topological polar surface area (TPSA) is 15.8 Å². The summed E-state index contributed by atoms with van der Waals surface area (Å²) in [4.78, 5) is 3.37. The first-order valence-corrected chi connectivity index (χ1v) is 5.14. The molecule has 0 spiro atoms. The van der Waals surface area contributed by atoms with Gasteiger partial charge in [0.25, 0.3) is 0 Å². The van der Waals surface area contributed by atoms with Gasteiger partial charge in [-0.1, -0.05) is 44.5 Å². The Bertz CT molecular complexity index is 463. The zero-order chi connectivity index (χ0) is 10.3. The standard InChI is InChI=1S/C12H14ClN/c1-12(2,3)10-7-8-5-4-6-9(13)11(8)14-10/h4-7,14H,1-3H3. The van der Waals surface area contributed by atoms with Crippen LogP contribution >= 0.6 is 11.6 Å². The highest BCUT2D eigenvalue weighted by molar-refractivity contribution is 6.35. The van der Waals surface area contributed by atoms with Gasteiger partial charge in [0.1, 0.15) is 0 Å². The number of para-hydroxylation sites is 1. The molecule has 0 atom stereocenters. The number of hydrogen-bond acceptors (Lipinski definition) is 0. The zero-order valence-corrected chi connectivity index (χ0v) is 9.44. The van der Waals surface area contributed by atoms with E-state index >= 15 is 0 Å². The fourth-order valence-corrected chi connectivity index (χ4v) is 1.75. The van der Waals surface area contributed by atoms with Crippen molar-refractivity contribution in [1.82, 2.24) is 4.98 Å². The van der Waals surface area contributed by atoms with E-state index in [-0.39, 0.29) is 5.41 Å². The predicted molar refractivity (Wildman–Crippen MR) is 62.0 cm³/mol. The van der Waals surface area contributed by atoms with Crippen molar-refractivity contribution in [2.45, 2.75) is 26.2 Å². The molecule has 0 aliphatic carbocycles. The van der Waals surface area contributed by atoms with Crippen LogP contribution in [-0.4, -0.2) is 4.98 Å². The largest absolute Gasteiger partial charge is 0.357 e. The minimum atomic E-state index is 0.141. The molecule has 0 unspecified atom stereocenters. The lowest BCUT2D eigenvalue weighted by atomic mass is 9.92. The van der Waals surface area contributed by atoms with Crippen LogP contribution in [0.15, 0.2) is 24.3 Å². The lowest BCUT2D eigenvalue weighted by Gasteiger charge is -2.15. The van der Waals surface area contributed by atoms with Crippen LogP contribution in [0.5, 0.6) is 0 Å². The fourth-order valence-electron chi connectivity index (χ4n) is 1.52. The third-order valence-electron chi connectivity index (χ3n) is 2.41. The van der Waals surface area contributed by atoms with Gasteiger partial charge in [0, 0.05) is 16.5 Å². The van der Waals surface area contributed by atoms with Gasteiger partial charge in [-0.2, -0.15) is 0 Å². The molecule has 0 aliphatic heterocycles. The van der Waals surface area contributed by atoms with Crippen molar-refractivity contribution in [3.05, 3.63) is 35.0 Å². The van der Waals surface area contributed by atoms with Gasteiger partial charge in [0.05, 0.1) is 10.5 Å². The summed E-state index contributed by atoms with van der Waals surface area (Å²) in [6.45, 7) is 6.56. The van der Waals surface area contributed by atoms with Gasteiger partial charge in [0.15, 0.2) is 0 Å². The molecular weight excluding hydrogens is 194 g/mol. The van der Waals surface area contributed by atoms with Crippen LogP contribution in [0.1, 0.15) is 26.5 Å². The van der Waals surface area contributed by atoms with Crippen molar-refractivity contribution in [2.24, 2.45) is 0 Å². The molecule has 0 saturated heterocycles. The fraction of sp³-hybridized carbons (Fsp3) is 0.333. The number of nitrogens with one attached hydrogen (secondary N) is 1. The second kappa shape index (κ2) is 3.03. The van der Waals surface area contributed by atoms with Crippen LogP contribution in [0.2, 0.25) is 5.02 Å². The number of aromatic amines is 1. The van der Waals surface area contributed by atoms with E-state index in [1.165, 1.54) is 11.1 Å². The smallest absolute Gasteiger partial charge is 0.0647 e. The predicted octanol–water partition coefficient (Wildman–Crippen LogP) is 4.12. The van der Waals surface area contributed by atoms with E-state index in [4.69, 9.17) is 11.6 Å². The van der Waals surface area contributed by atoms with Crippen molar-refractivity contribution in [3.63, 3.8) is 0 Å². The van der Waals surface area contributed by atoms with Crippen LogP contribution in [0.3, 0.4) is 0 Å². The Kier molecular flexibility index (Phi) is 2.07. The lowest BCUT2D eigenvalue weighted by molar-refractivity contribution is 0.574. The van der Waals surface area contributed by atoms with Gasteiger partial charge in [-0.3, -0.25) is 0 Å². The van der Waals surface area contributed by atoms with Gasteiger partial charge >= 0.3 is 0 Å². The van der Waals surface area contributed by atoms with Crippen molar-refractivity contribution in [1.29, 1.82) is 0 Å². The molecule has 1 aromatic heterocycles. The second-order valence-electron chi connectivity index (χ2n) is 4.64. The number of rotatable bonds is 0. The normalized spacial score (nSPS) is 12.3. The van der Waals surface area contributed by atoms with E-state index in [1.807, 2.05) is 12.1 Å². The summed E-state index contributed by atoms with van der Waals surface area (Å²) in [6, 6.07) is 8.13. The SMILES string of the molecule is CC(C)(C)c1cc2cccc(Cl)c2[nH]1. The summed E-state index contributed by atoms with van der Waals surface area (Å²) >= 11 is 6.09. The number of benzene rings is 1. The maximum atomic E-state index is 6.09. The first-order valence-electron chi connectivity index (χ1n) is 4.76. The first-order chi connectivity index (χ1) is 6.48. The van der Waals surface area contributed by atoms with E-state index < -0.39 is 0 Å². The van der Waals surface area contributed by atoms with E-state index in [0.29, 0.717) is 0 Å². The molecular formula is C12H14ClN. The molecule has 14 heavy (non-hydrogen) atoms. The minimum Gasteiger partial charge on any atom is -0.357 e. The van der Waals surface area contributed by atoms with Crippen LogP contribution in [-0.2, 0) is 5.41 Å². The average Bonchev–Trinajstić information content (AvgIpc) is 2.48. The minimum absolute atomic E-state index is 0.141. The highest BCUT2D eigenvalue weighted by Crippen LogP contribution is 2.29. The summed E-state index contributed by atoms with van der Waals surface area (Å²) in [6.07, 6.45) is 0. The molecule has 2 heteroatoms. The first kappa shape index (κ1) is 9.60. The third-order valence-corrected chi connectivity index (χ3v) is 2.73. The molecule has 1 nitrogen and oxygen atoms in total. The molecule has 1 heterocycles. The van der Waals surface area contributed by atoms with Gasteiger partial charge < -0.3 is 4.98 Å². The van der Waals surface area contributed by atoms with Crippen molar-refractivity contribution in [2.75, 3.05) is 0 Å². The van der Waals surface area contributed by atoms with Gasteiger partial charge in [-0.25, -0.2) is 0 Å². The van der Waals surface area contributed by atoms with Crippen LogP contribution in [0.4, 0.5) is 0 Å². The van der Waals surface area contributed by atoms with E-state index in [0.717, 1.165) is 10.5 Å². The number of H-pyrrole nitrogens is 1. The van der Waals surface area contributed by atoms with Gasteiger partial charge in [0.2, 0.25) is 0 Å². The molecule has 0 fully saturated rings. The molecule has 2 rings (SSSR count). The Morgan fingerprint density at radius 2 is 1.93 bits per heavy atom. The number of halogens is 1. The molecule has 1 N–H and O–H groups in total. The molecule has 0 aliphatic rings. The van der Waals surface area contributed by atoms with Gasteiger partial charge in [-0.05, 0) is 12.1 Å². The maximum Gasteiger partial charge on any atom is 0.0647 e. The Morgan fingerprint density at radius 1 is 1.21 bits per heavy atom. The molecule has 74 valence electrons. The van der Waals surface area contributed by atoms with Crippen molar-refractivity contribution >= 4 is 22.5 Å². The highest BCUT2D eigenvalue weighted by Gasteiger charge is 2.16. The van der Waals surface area contributed by atoms with E-state index in [9.17, 15) is 0 Å². The number of fused-ring (bicyclic) bond motifs is 1. The quantitative estimate of drug-likeness (QED) is 0.669. The lowest BCUT2D eigenvalue weighted by Crippen LogP contribution is -2.10. The maximum absolute atomic E-state index is 6.09. The highest BCUT2D eigenvalue weighted by atomic mass is 35.5. The molecule has 2 aromatic rings. The monoisotopic (exact) mass is 207 g/mol. The molecule has 1 aromatic carbocycles. The Labute approximate surface area is 89.1 Å². The average molecular weight is 208 g/mol. The second-order valence-corrected chi connectivity index (χ2v) is 5.04. The van der Waals surface area contributed by atoms with Crippen LogP contribution in [0.25, 0.3) is 10.9 Å². The van der Waals surface area contributed by atoms with Crippen LogP contribution in [0, 0.1) is 0 Å². The Balaban J connectivity index is 2.69. The molecule has 0 bridgehead atoms. The summed E-state index contributed by atoms with van der Waals surface area (Å²) in [5.74, 6) is 0. The van der Waals surface area contributed by atoms with Gasteiger partial charge in [-0.15, -0.1) is 0 Å².